The number of fused-ring (bicyclic) bond motifs is 1. The molecule has 46 heavy (non-hydrogen) atoms. The molecule has 2 amide bonds. The van der Waals surface area contributed by atoms with Gasteiger partial charge in [0.05, 0.1) is 12.2 Å². The molecule has 2 heterocycles. The lowest BCUT2D eigenvalue weighted by Crippen LogP contribution is -2.56. The van der Waals surface area contributed by atoms with Crippen LogP contribution in [0.2, 0.25) is 0 Å². The third kappa shape index (κ3) is 8.31. The van der Waals surface area contributed by atoms with Gasteiger partial charge in [0.1, 0.15) is 17.9 Å². The van der Waals surface area contributed by atoms with Crippen molar-refractivity contribution in [3.05, 3.63) is 24.3 Å². The molecule has 4 rings (SSSR count). The highest BCUT2D eigenvalue weighted by molar-refractivity contribution is 6.38. The van der Waals surface area contributed by atoms with E-state index in [1.807, 2.05) is 20.8 Å². The average molecular weight is 641 g/mol. The molecule has 0 aromatic carbocycles. The number of hydrogen-bond donors (Lipinski definition) is 1. The minimum absolute atomic E-state index is 0.0476. The van der Waals surface area contributed by atoms with Crippen molar-refractivity contribution >= 4 is 34.9 Å². The number of aromatic nitrogens is 2. The van der Waals surface area contributed by atoms with Crippen molar-refractivity contribution < 1.29 is 33.2 Å². The van der Waals surface area contributed by atoms with E-state index in [-0.39, 0.29) is 66.7 Å². The summed E-state index contributed by atoms with van der Waals surface area (Å²) in [6.45, 7) is 9.15. The number of carbonyl (C=O) groups excluding carboxylic acids is 6. The second kappa shape index (κ2) is 15.5. The third-order valence-corrected chi connectivity index (χ3v) is 10.1. The topological polar surface area (TPSA) is 143 Å². The summed E-state index contributed by atoms with van der Waals surface area (Å²) in [5, 5.41) is 2.86. The van der Waals surface area contributed by atoms with Crippen LogP contribution in [-0.4, -0.2) is 74.6 Å². The van der Waals surface area contributed by atoms with E-state index in [1.165, 1.54) is 23.5 Å². The van der Waals surface area contributed by atoms with E-state index in [0.717, 1.165) is 12.8 Å². The lowest BCUT2D eigenvalue weighted by molar-refractivity contribution is -0.144. The zero-order chi connectivity index (χ0) is 33.7. The van der Waals surface area contributed by atoms with Gasteiger partial charge in [-0.05, 0) is 55.8 Å². The van der Waals surface area contributed by atoms with Gasteiger partial charge < -0.3 is 10.2 Å². The number of halogens is 1. The minimum Gasteiger partial charge on any atom is -0.344 e. The fourth-order valence-corrected chi connectivity index (χ4v) is 7.18. The first kappa shape index (κ1) is 35.5. The largest absolute Gasteiger partial charge is 0.344 e. The standard InChI is InChI=1S/C35H49FN4O6/c1-6-7-22(33(44)30(43)14-21-8-9-21)15-29(42)32-23-10-11-26(36)25(23)18-40(32)35(46)31(20(4)5)39-34(45)24(19(2)3)16-28(41)27-17-37-12-13-38-27/h12-13,17,19-26,31-32H,6-11,14-16,18H2,1-5H3,(H,39,45)/t22?,23-,24+,25-,26-,31-,32?/m0/s1. The number of carbonyl (C=O) groups is 6. The van der Waals surface area contributed by atoms with Crippen molar-refractivity contribution in [1.29, 1.82) is 0 Å². The number of amides is 2. The molecule has 11 heteroatoms. The van der Waals surface area contributed by atoms with Crippen LogP contribution >= 0.6 is 0 Å². The van der Waals surface area contributed by atoms with E-state index >= 15 is 4.39 Å². The van der Waals surface area contributed by atoms with Gasteiger partial charge in [-0.3, -0.25) is 33.8 Å². The fraction of sp³-hybridized carbons (Fsp3) is 0.714. The van der Waals surface area contributed by atoms with E-state index < -0.39 is 59.4 Å². The van der Waals surface area contributed by atoms with Crippen LogP contribution in [0.25, 0.3) is 0 Å². The molecule has 10 nitrogen and oxygen atoms in total. The second-order valence-corrected chi connectivity index (χ2v) is 14.2. The first-order valence-electron chi connectivity index (χ1n) is 17.0. The Morgan fingerprint density at radius 1 is 0.957 bits per heavy atom. The number of nitrogens with one attached hydrogen (secondary N) is 1. The van der Waals surface area contributed by atoms with Gasteiger partial charge in [-0.1, -0.05) is 41.0 Å². The Morgan fingerprint density at radius 3 is 2.26 bits per heavy atom. The van der Waals surface area contributed by atoms with Crippen LogP contribution in [0.5, 0.6) is 0 Å². The van der Waals surface area contributed by atoms with Gasteiger partial charge in [-0.15, -0.1) is 0 Å². The molecule has 0 spiro atoms. The number of hydrogen-bond acceptors (Lipinski definition) is 8. The van der Waals surface area contributed by atoms with Crippen LogP contribution < -0.4 is 5.32 Å². The third-order valence-electron chi connectivity index (χ3n) is 10.1. The lowest BCUT2D eigenvalue weighted by atomic mass is 9.83. The maximum absolute atomic E-state index is 15.1. The Labute approximate surface area is 271 Å². The number of Topliss-reactive ketones (excluding diaryl/α,β-unsaturated/α-hetero) is 4. The van der Waals surface area contributed by atoms with Crippen LogP contribution in [0.1, 0.15) is 103 Å². The molecule has 1 aromatic rings. The Bertz CT molecular complexity index is 1300. The molecule has 2 saturated carbocycles. The van der Waals surface area contributed by atoms with E-state index in [9.17, 15) is 28.8 Å². The zero-order valence-corrected chi connectivity index (χ0v) is 27.7. The predicted octanol–water partition coefficient (Wildman–Crippen LogP) is 4.35. The van der Waals surface area contributed by atoms with Crippen molar-refractivity contribution in [3.63, 3.8) is 0 Å². The van der Waals surface area contributed by atoms with Crippen LogP contribution in [-0.2, 0) is 24.0 Å². The minimum atomic E-state index is -1.16. The Kier molecular flexibility index (Phi) is 11.9. The smallest absolute Gasteiger partial charge is 0.246 e. The van der Waals surface area contributed by atoms with Gasteiger partial charge in [0, 0.05) is 56.0 Å². The molecule has 1 saturated heterocycles. The monoisotopic (exact) mass is 640 g/mol. The van der Waals surface area contributed by atoms with E-state index in [0.29, 0.717) is 25.7 Å². The van der Waals surface area contributed by atoms with Crippen LogP contribution in [0, 0.1) is 41.4 Å². The van der Waals surface area contributed by atoms with E-state index in [2.05, 4.69) is 15.3 Å². The number of ketones is 4. The quantitative estimate of drug-likeness (QED) is 0.196. The van der Waals surface area contributed by atoms with Crippen molar-refractivity contribution in [2.45, 2.75) is 111 Å². The molecule has 0 bridgehead atoms. The normalized spacial score (nSPS) is 24.4. The van der Waals surface area contributed by atoms with Crippen LogP contribution in [0.3, 0.4) is 0 Å². The van der Waals surface area contributed by atoms with E-state index in [1.54, 1.807) is 13.8 Å². The van der Waals surface area contributed by atoms with Crippen molar-refractivity contribution in [1.82, 2.24) is 20.2 Å². The molecule has 1 N–H and O–H groups in total. The highest BCUT2D eigenvalue weighted by atomic mass is 19.1. The summed E-state index contributed by atoms with van der Waals surface area (Å²) in [4.78, 5) is 89.9. The number of nitrogens with zero attached hydrogens (tertiary/aromatic N) is 3. The summed E-state index contributed by atoms with van der Waals surface area (Å²) in [5.74, 6) is -5.32. The first-order valence-corrected chi connectivity index (χ1v) is 17.0. The molecule has 252 valence electrons. The van der Waals surface area contributed by atoms with Gasteiger partial charge >= 0.3 is 0 Å². The summed E-state index contributed by atoms with van der Waals surface area (Å²) >= 11 is 0. The molecule has 1 aliphatic heterocycles. The van der Waals surface area contributed by atoms with Gasteiger partial charge in [0.25, 0.3) is 0 Å². The summed E-state index contributed by atoms with van der Waals surface area (Å²) in [7, 11) is 0. The molecule has 3 aliphatic rings. The predicted molar refractivity (Wildman–Crippen MR) is 168 cm³/mol. The van der Waals surface area contributed by atoms with E-state index in [4.69, 9.17) is 0 Å². The molecular weight excluding hydrogens is 591 g/mol. The van der Waals surface area contributed by atoms with Crippen LogP contribution in [0.15, 0.2) is 18.6 Å². The maximum Gasteiger partial charge on any atom is 0.246 e. The molecule has 2 unspecified atom stereocenters. The van der Waals surface area contributed by atoms with Gasteiger partial charge in [-0.2, -0.15) is 0 Å². The second-order valence-electron chi connectivity index (χ2n) is 14.2. The number of rotatable bonds is 17. The van der Waals surface area contributed by atoms with Crippen molar-refractivity contribution in [3.8, 4) is 0 Å². The maximum atomic E-state index is 15.1. The summed E-state index contributed by atoms with van der Waals surface area (Å²) in [6.07, 6.45) is 6.59. The molecule has 1 aromatic heterocycles. The Hall–Kier alpha value is -3.37. The highest BCUT2D eigenvalue weighted by Gasteiger charge is 2.54. The highest BCUT2D eigenvalue weighted by Crippen LogP contribution is 2.45. The molecule has 2 aliphatic carbocycles. The summed E-state index contributed by atoms with van der Waals surface area (Å²) in [5.41, 5.74) is 0.150. The average Bonchev–Trinajstić information content (AvgIpc) is 3.65. The molecule has 0 radical (unpaired) electrons. The van der Waals surface area contributed by atoms with Crippen molar-refractivity contribution in [2.75, 3.05) is 6.54 Å². The number of alkyl halides is 1. The van der Waals surface area contributed by atoms with Crippen molar-refractivity contribution in [2.24, 2.45) is 41.4 Å². The first-order chi connectivity index (χ1) is 21.8. The summed E-state index contributed by atoms with van der Waals surface area (Å²) < 4.78 is 15.1. The summed E-state index contributed by atoms with van der Waals surface area (Å²) in [6, 6.07) is -1.94. The zero-order valence-electron chi connectivity index (χ0n) is 27.7. The Morgan fingerprint density at radius 2 is 1.67 bits per heavy atom. The van der Waals surface area contributed by atoms with Gasteiger partial charge in [0.15, 0.2) is 17.3 Å². The Balaban J connectivity index is 1.52. The lowest BCUT2D eigenvalue weighted by Gasteiger charge is -2.33. The molecule has 3 fully saturated rings. The van der Waals surface area contributed by atoms with Gasteiger partial charge in [0.2, 0.25) is 17.6 Å². The fourth-order valence-electron chi connectivity index (χ4n) is 7.18. The van der Waals surface area contributed by atoms with Crippen LogP contribution in [0.4, 0.5) is 4.39 Å². The SMILES string of the molecule is CCCC(CC(=O)C1[C@H]2CC[C@H](F)[C@H]2CN1C(=O)[C@@H](NC(=O)[C@H](CC(=O)c1cnccn1)C(C)C)C(C)C)C(=O)C(=O)CC1CC1. The van der Waals surface area contributed by atoms with Gasteiger partial charge in [-0.25, -0.2) is 9.37 Å². The number of likely N-dealkylation sites (tertiary alicyclic amines) is 1. The molecular formula is C35H49FN4O6. The molecule has 7 atom stereocenters.